The van der Waals surface area contributed by atoms with Crippen LogP contribution in [0.3, 0.4) is 0 Å². The third-order valence-corrected chi connectivity index (χ3v) is 2.84. The van der Waals surface area contributed by atoms with Crippen LogP contribution in [0.2, 0.25) is 0 Å². The largest absolute Gasteiger partial charge is 0.493 e. The second-order valence-electron chi connectivity index (χ2n) is 4.15. The Kier molecular flexibility index (Phi) is 4.04. The van der Waals surface area contributed by atoms with E-state index >= 15 is 0 Å². The van der Waals surface area contributed by atoms with Crippen LogP contribution in [0.1, 0.15) is 13.3 Å². The molecular formula is C14H20N2O. The van der Waals surface area contributed by atoms with Crippen LogP contribution in [-0.2, 0) is 6.54 Å². The number of rotatable bonds is 6. The van der Waals surface area contributed by atoms with E-state index in [-0.39, 0.29) is 0 Å². The third-order valence-electron chi connectivity index (χ3n) is 2.84. The van der Waals surface area contributed by atoms with Gasteiger partial charge in [-0.05, 0) is 31.7 Å². The summed E-state index contributed by atoms with van der Waals surface area (Å²) in [5.41, 5.74) is 1.24. The van der Waals surface area contributed by atoms with E-state index in [4.69, 9.17) is 4.74 Å². The topological polar surface area (TPSA) is 26.2 Å². The standard InChI is InChI=1S/C14H20N2O/c1-3-11-17-14-6-4-5-13-12(14)7-9-16(13)10-8-15-2/h4-7,9,15H,3,8,10-11H2,1-2H3. The van der Waals surface area contributed by atoms with Crippen molar-refractivity contribution in [2.45, 2.75) is 19.9 Å². The van der Waals surface area contributed by atoms with Crippen LogP contribution in [0, 0.1) is 0 Å². The Morgan fingerprint density at radius 3 is 2.94 bits per heavy atom. The van der Waals surface area contributed by atoms with Gasteiger partial charge in [0, 0.05) is 24.7 Å². The normalized spacial score (nSPS) is 10.9. The fourth-order valence-electron chi connectivity index (χ4n) is 1.96. The molecule has 1 N–H and O–H groups in total. The van der Waals surface area contributed by atoms with Crippen molar-refractivity contribution in [1.29, 1.82) is 0 Å². The quantitative estimate of drug-likeness (QED) is 0.828. The highest BCUT2D eigenvalue weighted by Gasteiger charge is 2.05. The lowest BCUT2D eigenvalue weighted by atomic mass is 10.2. The number of likely N-dealkylation sites (N-methyl/N-ethyl adjacent to an activating group) is 1. The molecule has 2 aromatic rings. The van der Waals surface area contributed by atoms with Crippen molar-refractivity contribution in [2.24, 2.45) is 0 Å². The molecule has 0 spiro atoms. The van der Waals surface area contributed by atoms with Gasteiger partial charge < -0.3 is 14.6 Å². The van der Waals surface area contributed by atoms with Crippen molar-refractivity contribution in [1.82, 2.24) is 9.88 Å². The van der Waals surface area contributed by atoms with Crippen molar-refractivity contribution in [3.05, 3.63) is 30.5 Å². The zero-order valence-electron chi connectivity index (χ0n) is 10.6. The summed E-state index contributed by atoms with van der Waals surface area (Å²) in [6, 6.07) is 8.38. The monoisotopic (exact) mass is 232 g/mol. The molecule has 0 aliphatic heterocycles. The lowest BCUT2D eigenvalue weighted by Crippen LogP contribution is -2.14. The Morgan fingerprint density at radius 2 is 2.18 bits per heavy atom. The molecular weight excluding hydrogens is 212 g/mol. The maximum atomic E-state index is 5.76. The smallest absolute Gasteiger partial charge is 0.128 e. The van der Waals surface area contributed by atoms with E-state index in [1.165, 1.54) is 10.9 Å². The molecule has 17 heavy (non-hydrogen) atoms. The van der Waals surface area contributed by atoms with Crippen LogP contribution in [0.15, 0.2) is 30.5 Å². The van der Waals surface area contributed by atoms with Gasteiger partial charge in [0.25, 0.3) is 0 Å². The van der Waals surface area contributed by atoms with Gasteiger partial charge in [0.1, 0.15) is 5.75 Å². The third kappa shape index (κ3) is 2.61. The van der Waals surface area contributed by atoms with E-state index in [0.29, 0.717) is 0 Å². The van der Waals surface area contributed by atoms with Crippen molar-refractivity contribution >= 4 is 10.9 Å². The number of benzene rings is 1. The Labute approximate surface area is 102 Å². The van der Waals surface area contributed by atoms with E-state index in [9.17, 15) is 0 Å². The van der Waals surface area contributed by atoms with Crippen LogP contribution in [0.5, 0.6) is 5.75 Å². The van der Waals surface area contributed by atoms with Gasteiger partial charge in [-0.1, -0.05) is 13.0 Å². The minimum Gasteiger partial charge on any atom is -0.493 e. The predicted octanol–water partition coefficient (Wildman–Crippen LogP) is 2.65. The summed E-state index contributed by atoms with van der Waals surface area (Å²) in [6.07, 6.45) is 3.16. The molecule has 0 saturated carbocycles. The predicted molar refractivity (Wildman–Crippen MR) is 71.7 cm³/mol. The molecule has 0 aliphatic carbocycles. The minimum absolute atomic E-state index is 0.779. The van der Waals surface area contributed by atoms with Gasteiger partial charge in [0.15, 0.2) is 0 Å². The van der Waals surface area contributed by atoms with Gasteiger partial charge in [-0.2, -0.15) is 0 Å². The number of aromatic nitrogens is 1. The first-order valence-corrected chi connectivity index (χ1v) is 6.22. The van der Waals surface area contributed by atoms with Crippen LogP contribution in [-0.4, -0.2) is 24.8 Å². The molecule has 0 bridgehead atoms. The van der Waals surface area contributed by atoms with Gasteiger partial charge >= 0.3 is 0 Å². The summed E-state index contributed by atoms with van der Waals surface area (Å²) in [7, 11) is 1.97. The van der Waals surface area contributed by atoms with Crippen molar-refractivity contribution in [3.8, 4) is 5.75 Å². The van der Waals surface area contributed by atoms with Crippen molar-refractivity contribution < 1.29 is 4.74 Å². The molecule has 2 rings (SSSR count). The average Bonchev–Trinajstić information content (AvgIpc) is 2.77. The molecule has 3 nitrogen and oxygen atoms in total. The number of hydrogen-bond acceptors (Lipinski definition) is 2. The minimum atomic E-state index is 0.779. The number of nitrogens with one attached hydrogen (secondary N) is 1. The number of ether oxygens (including phenoxy) is 1. The SMILES string of the molecule is CCCOc1cccc2c1ccn2CCNC. The lowest BCUT2D eigenvalue weighted by Gasteiger charge is -2.08. The van der Waals surface area contributed by atoms with Crippen molar-refractivity contribution in [3.63, 3.8) is 0 Å². The molecule has 0 amide bonds. The van der Waals surface area contributed by atoms with Gasteiger partial charge in [0.2, 0.25) is 0 Å². The molecule has 0 aliphatic rings. The summed E-state index contributed by atoms with van der Waals surface area (Å²) in [4.78, 5) is 0. The van der Waals surface area contributed by atoms with E-state index in [1.807, 2.05) is 13.1 Å². The Bertz CT molecular complexity index is 476. The highest BCUT2D eigenvalue weighted by molar-refractivity contribution is 5.86. The first-order valence-electron chi connectivity index (χ1n) is 6.22. The van der Waals surface area contributed by atoms with E-state index < -0.39 is 0 Å². The molecule has 0 fully saturated rings. The Hall–Kier alpha value is -1.48. The van der Waals surface area contributed by atoms with Crippen molar-refractivity contribution in [2.75, 3.05) is 20.2 Å². The molecule has 0 radical (unpaired) electrons. The van der Waals surface area contributed by atoms with E-state index in [2.05, 4.69) is 41.2 Å². The summed E-state index contributed by atoms with van der Waals surface area (Å²) < 4.78 is 8.01. The van der Waals surface area contributed by atoms with Gasteiger partial charge in [-0.25, -0.2) is 0 Å². The van der Waals surface area contributed by atoms with Gasteiger partial charge in [-0.3, -0.25) is 0 Å². The fraction of sp³-hybridized carbons (Fsp3) is 0.429. The number of fused-ring (bicyclic) bond motifs is 1. The molecule has 1 aromatic heterocycles. The first kappa shape index (κ1) is 12.0. The summed E-state index contributed by atoms with van der Waals surface area (Å²) in [6.45, 7) is 4.86. The van der Waals surface area contributed by atoms with Crippen LogP contribution in [0.25, 0.3) is 10.9 Å². The molecule has 92 valence electrons. The highest BCUT2D eigenvalue weighted by atomic mass is 16.5. The maximum absolute atomic E-state index is 5.76. The van der Waals surface area contributed by atoms with Crippen LogP contribution >= 0.6 is 0 Å². The molecule has 0 saturated heterocycles. The Morgan fingerprint density at radius 1 is 1.29 bits per heavy atom. The second-order valence-corrected chi connectivity index (χ2v) is 4.15. The molecule has 0 unspecified atom stereocenters. The zero-order chi connectivity index (χ0) is 12.1. The van der Waals surface area contributed by atoms with E-state index in [1.54, 1.807) is 0 Å². The number of nitrogens with zero attached hydrogens (tertiary/aromatic N) is 1. The van der Waals surface area contributed by atoms with E-state index in [0.717, 1.165) is 31.9 Å². The second kappa shape index (κ2) is 5.73. The Balaban J connectivity index is 2.28. The highest BCUT2D eigenvalue weighted by Crippen LogP contribution is 2.26. The summed E-state index contributed by atoms with van der Waals surface area (Å²) in [5, 5.41) is 4.37. The van der Waals surface area contributed by atoms with Crippen LogP contribution in [0.4, 0.5) is 0 Å². The number of hydrogen-bond donors (Lipinski definition) is 1. The van der Waals surface area contributed by atoms with Crippen LogP contribution < -0.4 is 10.1 Å². The summed E-state index contributed by atoms with van der Waals surface area (Å²) >= 11 is 0. The molecule has 0 atom stereocenters. The lowest BCUT2D eigenvalue weighted by molar-refractivity contribution is 0.321. The first-order chi connectivity index (χ1) is 8.36. The maximum Gasteiger partial charge on any atom is 0.128 e. The average molecular weight is 232 g/mol. The molecule has 1 heterocycles. The summed E-state index contributed by atoms with van der Waals surface area (Å²) in [5.74, 6) is 0.993. The molecule has 3 heteroatoms. The van der Waals surface area contributed by atoms with Gasteiger partial charge in [0.05, 0.1) is 12.1 Å². The molecule has 1 aromatic carbocycles. The van der Waals surface area contributed by atoms with Gasteiger partial charge in [-0.15, -0.1) is 0 Å². The zero-order valence-corrected chi connectivity index (χ0v) is 10.6. The fourth-order valence-corrected chi connectivity index (χ4v) is 1.96.